The first-order valence-electron chi connectivity index (χ1n) is 9.20. The molecule has 0 aliphatic carbocycles. The number of fused-ring (bicyclic) bond motifs is 1. The fourth-order valence-electron chi connectivity index (χ4n) is 3.44. The van der Waals surface area contributed by atoms with E-state index in [1.54, 1.807) is 0 Å². The zero-order valence-electron chi connectivity index (χ0n) is 15.2. The summed E-state index contributed by atoms with van der Waals surface area (Å²) in [7, 11) is 0. The maximum absolute atomic E-state index is 12.3. The van der Waals surface area contributed by atoms with Crippen molar-refractivity contribution in [2.75, 3.05) is 51.2 Å². The number of aliphatic carboxylic acids is 1. The van der Waals surface area contributed by atoms with E-state index in [2.05, 4.69) is 20.1 Å². The van der Waals surface area contributed by atoms with Crippen LogP contribution in [0, 0.1) is 5.92 Å². The zero-order valence-corrected chi connectivity index (χ0v) is 15.2. The summed E-state index contributed by atoms with van der Waals surface area (Å²) in [5.41, 5.74) is 1.57. The van der Waals surface area contributed by atoms with Crippen LogP contribution < -0.4 is 5.32 Å². The number of aromatic nitrogens is 1. The molecule has 1 atom stereocenters. The number of carboxylic acids is 1. The molecule has 1 saturated heterocycles. The quantitative estimate of drug-likeness (QED) is 0.544. The van der Waals surface area contributed by atoms with Gasteiger partial charge in [0.05, 0.1) is 12.5 Å². The summed E-state index contributed by atoms with van der Waals surface area (Å²) < 4.78 is 0. The van der Waals surface area contributed by atoms with Crippen molar-refractivity contribution < 1.29 is 19.8 Å². The molecule has 1 aromatic heterocycles. The van der Waals surface area contributed by atoms with Crippen LogP contribution in [0.3, 0.4) is 0 Å². The number of aromatic amines is 1. The number of aliphatic hydroxyl groups is 1. The molecule has 2 heterocycles. The molecule has 0 spiro atoms. The Morgan fingerprint density at radius 1 is 1.15 bits per heavy atom. The van der Waals surface area contributed by atoms with E-state index in [9.17, 15) is 14.7 Å². The van der Waals surface area contributed by atoms with Crippen molar-refractivity contribution in [2.45, 2.75) is 6.42 Å². The molecular weight excluding hydrogens is 348 g/mol. The molecule has 3 rings (SSSR count). The first-order chi connectivity index (χ1) is 13.0. The van der Waals surface area contributed by atoms with Gasteiger partial charge in [-0.1, -0.05) is 6.07 Å². The van der Waals surface area contributed by atoms with E-state index in [4.69, 9.17) is 5.11 Å². The number of anilines is 1. The van der Waals surface area contributed by atoms with Crippen LogP contribution in [-0.2, 0) is 9.59 Å². The summed E-state index contributed by atoms with van der Waals surface area (Å²) in [6, 6.07) is 7.50. The van der Waals surface area contributed by atoms with Gasteiger partial charge in [0.25, 0.3) is 0 Å². The number of carbonyl (C=O) groups is 2. The average molecular weight is 374 g/mol. The molecule has 2 aromatic rings. The summed E-state index contributed by atoms with van der Waals surface area (Å²) in [5, 5.41) is 22.3. The number of carboxylic acid groups (broad SMARTS) is 1. The Morgan fingerprint density at radius 2 is 1.89 bits per heavy atom. The number of amides is 1. The summed E-state index contributed by atoms with van der Waals surface area (Å²) in [5.74, 6) is -2.00. The molecule has 8 heteroatoms. The lowest BCUT2D eigenvalue weighted by Crippen LogP contribution is -2.49. The lowest BCUT2D eigenvalue weighted by Gasteiger charge is -2.35. The number of hydrogen-bond donors (Lipinski definition) is 4. The summed E-state index contributed by atoms with van der Waals surface area (Å²) in [4.78, 5) is 31.3. The van der Waals surface area contributed by atoms with Gasteiger partial charge in [0.2, 0.25) is 5.91 Å². The van der Waals surface area contributed by atoms with E-state index < -0.39 is 11.9 Å². The molecule has 1 aromatic carbocycles. The van der Waals surface area contributed by atoms with Gasteiger partial charge in [-0.2, -0.15) is 0 Å². The number of H-pyrrole nitrogens is 1. The summed E-state index contributed by atoms with van der Waals surface area (Å²) in [6.07, 6.45) is 1.77. The van der Waals surface area contributed by atoms with Crippen molar-refractivity contribution in [3.05, 3.63) is 30.5 Å². The Balaban J connectivity index is 1.52. The van der Waals surface area contributed by atoms with Crippen molar-refractivity contribution in [2.24, 2.45) is 5.92 Å². The van der Waals surface area contributed by atoms with Crippen LogP contribution in [0.25, 0.3) is 10.9 Å². The molecule has 1 aliphatic heterocycles. The predicted octanol–water partition coefficient (Wildman–Crippen LogP) is 0.807. The fourth-order valence-corrected chi connectivity index (χ4v) is 3.44. The van der Waals surface area contributed by atoms with Crippen molar-refractivity contribution in [1.29, 1.82) is 0 Å². The van der Waals surface area contributed by atoms with Gasteiger partial charge in [-0.05, 0) is 23.6 Å². The lowest BCUT2D eigenvalue weighted by molar-refractivity contribution is -0.144. The number of aliphatic hydroxyl groups excluding tert-OH is 1. The third kappa shape index (κ3) is 5.29. The standard InChI is InChI=1S/C19H26N4O4/c24-10-9-22-5-7-23(8-6-22)13-15(19(26)27)11-18(25)21-16-2-1-14-3-4-20-17(14)12-16/h1-4,12,15,20,24H,5-11,13H2,(H,21,25)(H,26,27)/t15-/m0/s1. The van der Waals surface area contributed by atoms with Crippen molar-refractivity contribution >= 4 is 28.5 Å². The van der Waals surface area contributed by atoms with E-state index in [1.807, 2.05) is 30.5 Å². The highest BCUT2D eigenvalue weighted by atomic mass is 16.4. The fraction of sp³-hybridized carbons (Fsp3) is 0.474. The first-order valence-corrected chi connectivity index (χ1v) is 9.20. The number of piperazine rings is 1. The zero-order chi connectivity index (χ0) is 19.2. The number of rotatable bonds is 8. The van der Waals surface area contributed by atoms with Crippen LogP contribution in [0.1, 0.15) is 6.42 Å². The monoisotopic (exact) mass is 374 g/mol. The molecule has 1 amide bonds. The Bertz CT molecular complexity index is 783. The van der Waals surface area contributed by atoms with E-state index in [0.29, 0.717) is 18.8 Å². The Morgan fingerprint density at radius 3 is 2.59 bits per heavy atom. The summed E-state index contributed by atoms with van der Waals surface area (Å²) >= 11 is 0. The van der Waals surface area contributed by atoms with Crippen LogP contribution >= 0.6 is 0 Å². The van der Waals surface area contributed by atoms with Gasteiger partial charge in [0.15, 0.2) is 0 Å². The van der Waals surface area contributed by atoms with Crippen molar-refractivity contribution in [1.82, 2.24) is 14.8 Å². The number of hydrogen-bond acceptors (Lipinski definition) is 5. The highest BCUT2D eigenvalue weighted by Crippen LogP contribution is 2.18. The maximum atomic E-state index is 12.3. The highest BCUT2D eigenvalue weighted by Gasteiger charge is 2.26. The molecule has 1 fully saturated rings. The average Bonchev–Trinajstić information content (AvgIpc) is 3.10. The number of β-amino-alcohol motifs (C(OH)–C–C–N with tert-alkyl or cyclic N) is 1. The molecule has 0 bridgehead atoms. The third-order valence-corrected chi connectivity index (χ3v) is 4.98. The van der Waals surface area contributed by atoms with Crippen LogP contribution in [0.4, 0.5) is 5.69 Å². The van der Waals surface area contributed by atoms with Gasteiger partial charge in [0, 0.05) is 63.1 Å². The number of benzene rings is 1. The second-order valence-electron chi connectivity index (χ2n) is 6.93. The molecule has 27 heavy (non-hydrogen) atoms. The van der Waals surface area contributed by atoms with Gasteiger partial charge >= 0.3 is 5.97 Å². The Hall–Kier alpha value is -2.42. The topological polar surface area (TPSA) is 109 Å². The predicted molar refractivity (Wildman–Crippen MR) is 103 cm³/mol. The van der Waals surface area contributed by atoms with E-state index in [-0.39, 0.29) is 18.9 Å². The van der Waals surface area contributed by atoms with Crippen LogP contribution in [0.5, 0.6) is 0 Å². The summed E-state index contributed by atoms with van der Waals surface area (Å²) in [6.45, 7) is 4.22. The SMILES string of the molecule is O=C(C[C@@H](CN1CCN(CCO)CC1)C(=O)O)Nc1ccc2cc[nH]c2c1. The minimum atomic E-state index is -0.956. The molecule has 0 unspecified atom stereocenters. The van der Waals surface area contributed by atoms with Crippen LogP contribution in [-0.4, -0.2) is 82.7 Å². The van der Waals surface area contributed by atoms with E-state index in [0.717, 1.165) is 37.1 Å². The van der Waals surface area contributed by atoms with Gasteiger partial charge in [0.1, 0.15) is 0 Å². The number of nitrogens with one attached hydrogen (secondary N) is 2. The van der Waals surface area contributed by atoms with E-state index >= 15 is 0 Å². The minimum Gasteiger partial charge on any atom is -0.481 e. The smallest absolute Gasteiger partial charge is 0.308 e. The minimum absolute atomic E-state index is 0.0606. The van der Waals surface area contributed by atoms with Gasteiger partial charge in [-0.3, -0.25) is 19.4 Å². The molecule has 0 radical (unpaired) electrons. The highest BCUT2D eigenvalue weighted by molar-refractivity contribution is 5.95. The molecular formula is C19H26N4O4. The van der Waals surface area contributed by atoms with Crippen molar-refractivity contribution in [3.8, 4) is 0 Å². The molecule has 1 aliphatic rings. The number of carbonyl (C=O) groups excluding carboxylic acids is 1. The number of nitrogens with zero attached hydrogens (tertiary/aromatic N) is 2. The van der Waals surface area contributed by atoms with Crippen molar-refractivity contribution in [3.63, 3.8) is 0 Å². The normalized spacial score (nSPS) is 17.1. The first kappa shape index (κ1) is 19.3. The maximum Gasteiger partial charge on any atom is 0.308 e. The largest absolute Gasteiger partial charge is 0.481 e. The van der Waals surface area contributed by atoms with Gasteiger partial charge in [-0.25, -0.2) is 0 Å². The molecule has 4 N–H and O–H groups in total. The third-order valence-electron chi connectivity index (χ3n) is 4.98. The Labute approximate surface area is 157 Å². The molecule has 146 valence electrons. The van der Waals surface area contributed by atoms with Gasteiger partial charge < -0.3 is 20.5 Å². The van der Waals surface area contributed by atoms with Gasteiger partial charge in [-0.15, -0.1) is 0 Å². The molecule has 8 nitrogen and oxygen atoms in total. The second-order valence-corrected chi connectivity index (χ2v) is 6.93. The van der Waals surface area contributed by atoms with Crippen LogP contribution in [0.2, 0.25) is 0 Å². The van der Waals surface area contributed by atoms with E-state index in [1.165, 1.54) is 0 Å². The Kier molecular flexibility index (Phi) is 6.44. The lowest BCUT2D eigenvalue weighted by atomic mass is 10.0. The molecule has 0 saturated carbocycles. The van der Waals surface area contributed by atoms with Crippen LogP contribution in [0.15, 0.2) is 30.5 Å². The second kappa shape index (κ2) is 8.98.